The second kappa shape index (κ2) is 9.72. The van der Waals surface area contributed by atoms with Crippen LogP contribution >= 0.6 is 11.8 Å². The standard InChI is InChI=1S/C20H20N5OS/c1-3-14-15(10-21)17(12-24-4-2)25-20(16(14)11-22)27-18(19(23)26)13-8-6-5-7-9-13/h5-9,18,24H,2-4,12H2,1H3,(H2,23,26). The van der Waals surface area contributed by atoms with Crippen LogP contribution in [0.5, 0.6) is 0 Å². The Hall–Kier alpha value is -2.87. The van der Waals surface area contributed by atoms with E-state index in [0.717, 1.165) is 17.3 Å². The number of carbonyl (C=O) groups is 1. The lowest BCUT2D eigenvalue weighted by Gasteiger charge is -2.17. The second-order valence-electron chi connectivity index (χ2n) is 5.66. The maximum atomic E-state index is 12.1. The van der Waals surface area contributed by atoms with Crippen LogP contribution in [0.3, 0.4) is 0 Å². The molecule has 1 heterocycles. The van der Waals surface area contributed by atoms with E-state index >= 15 is 0 Å². The van der Waals surface area contributed by atoms with Crippen LogP contribution in [0.15, 0.2) is 35.4 Å². The van der Waals surface area contributed by atoms with Gasteiger partial charge in [-0.2, -0.15) is 10.5 Å². The Morgan fingerprint density at radius 2 is 1.96 bits per heavy atom. The Bertz CT molecular complexity index is 899. The minimum atomic E-state index is -0.683. The summed E-state index contributed by atoms with van der Waals surface area (Å²) in [6.07, 6.45) is 0.506. The van der Waals surface area contributed by atoms with Gasteiger partial charge in [-0.15, -0.1) is 0 Å². The SMILES string of the molecule is [CH2]CNCc1nc(SC(C(N)=O)c2ccccc2)c(C#N)c(CC)c1C#N. The summed E-state index contributed by atoms with van der Waals surface area (Å²) in [6.45, 7) is 6.44. The molecule has 1 atom stereocenters. The van der Waals surface area contributed by atoms with Crippen LogP contribution < -0.4 is 11.1 Å². The van der Waals surface area contributed by atoms with E-state index in [4.69, 9.17) is 5.73 Å². The number of carbonyl (C=O) groups excluding carboxylic acids is 1. The molecule has 0 fully saturated rings. The first-order valence-corrected chi connectivity index (χ1v) is 9.32. The minimum Gasteiger partial charge on any atom is -0.368 e. The number of aromatic nitrogens is 1. The summed E-state index contributed by atoms with van der Waals surface area (Å²) in [5.74, 6) is -0.517. The van der Waals surface area contributed by atoms with E-state index in [9.17, 15) is 15.3 Å². The predicted molar refractivity (Wildman–Crippen MR) is 104 cm³/mol. The van der Waals surface area contributed by atoms with Gasteiger partial charge in [0.1, 0.15) is 22.4 Å². The Balaban J connectivity index is 2.59. The van der Waals surface area contributed by atoms with Crippen molar-refractivity contribution in [1.29, 1.82) is 10.5 Å². The maximum absolute atomic E-state index is 12.1. The number of rotatable bonds is 8. The Labute approximate surface area is 163 Å². The molecule has 7 heteroatoms. The summed E-state index contributed by atoms with van der Waals surface area (Å²) in [4.78, 5) is 16.6. The summed E-state index contributed by atoms with van der Waals surface area (Å²) in [5.41, 5.74) is 8.23. The van der Waals surface area contributed by atoms with E-state index in [-0.39, 0.29) is 0 Å². The van der Waals surface area contributed by atoms with Gasteiger partial charge in [-0.05, 0) is 31.0 Å². The van der Waals surface area contributed by atoms with Gasteiger partial charge in [0.2, 0.25) is 5.91 Å². The van der Waals surface area contributed by atoms with Gasteiger partial charge in [0.05, 0.1) is 16.8 Å². The molecule has 0 aliphatic rings. The summed E-state index contributed by atoms with van der Waals surface area (Å²) < 4.78 is 0. The first-order chi connectivity index (χ1) is 13.1. The molecule has 27 heavy (non-hydrogen) atoms. The topological polar surface area (TPSA) is 116 Å². The molecule has 0 aliphatic heterocycles. The molecule has 1 radical (unpaired) electrons. The van der Waals surface area contributed by atoms with Crippen molar-refractivity contribution in [3.63, 3.8) is 0 Å². The molecule has 3 N–H and O–H groups in total. The van der Waals surface area contributed by atoms with E-state index in [2.05, 4.69) is 29.4 Å². The van der Waals surface area contributed by atoms with Gasteiger partial charge in [-0.25, -0.2) is 4.98 Å². The molecule has 0 aliphatic carbocycles. The fourth-order valence-corrected chi connectivity index (χ4v) is 3.80. The van der Waals surface area contributed by atoms with Crippen molar-refractivity contribution < 1.29 is 4.79 Å². The average Bonchev–Trinajstić information content (AvgIpc) is 2.69. The highest BCUT2D eigenvalue weighted by molar-refractivity contribution is 8.00. The maximum Gasteiger partial charge on any atom is 0.235 e. The van der Waals surface area contributed by atoms with Gasteiger partial charge in [-0.1, -0.05) is 49.0 Å². The molecule has 2 aromatic rings. The molecule has 6 nitrogen and oxygen atoms in total. The lowest BCUT2D eigenvalue weighted by atomic mass is 10.00. The largest absolute Gasteiger partial charge is 0.368 e. The van der Waals surface area contributed by atoms with Gasteiger partial charge < -0.3 is 11.1 Å². The predicted octanol–water partition coefficient (Wildman–Crippen LogP) is 2.63. The summed E-state index contributed by atoms with van der Waals surface area (Å²) in [6, 6.07) is 13.4. The van der Waals surface area contributed by atoms with Crippen LogP contribution in [0.2, 0.25) is 0 Å². The third-order valence-electron chi connectivity index (χ3n) is 3.98. The highest BCUT2D eigenvalue weighted by Crippen LogP contribution is 2.37. The number of amides is 1. The fourth-order valence-electron chi connectivity index (χ4n) is 2.71. The van der Waals surface area contributed by atoms with Crippen LogP contribution in [0, 0.1) is 29.6 Å². The van der Waals surface area contributed by atoms with Crippen LogP contribution in [0.25, 0.3) is 0 Å². The number of benzene rings is 1. The zero-order valence-electron chi connectivity index (χ0n) is 15.0. The summed E-state index contributed by atoms with van der Waals surface area (Å²) in [7, 11) is 0. The van der Waals surface area contributed by atoms with E-state index in [1.807, 2.05) is 37.3 Å². The molecular formula is C20H20N5OS. The van der Waals surface area contributed by atoms with Crippen LogP contribution in [-0.2, 0) is 17.8 Å². The molecule has 1 aromatic heterocycles. The average molecular weight is 378 g/mol. The molecule has 0 spiro atoms. The normalized spacial score (nSPS) is 11.4. The van der Waals surface area contributed by atoms with Gasteiger partial charge in [0, 0.05) is 6.54 Å². The number of hydrogen-bond donors (Lipinski definition) is 2. The van der Waals surface area contributed by atoms with E-state index in [1.54, 1.807) is 0 Å². The first-order valence-electron chi connectivity index (χ1n) is 8.44. The zero-order valence-corrected chi connectivity index (χ0v) is 15.8. The molecular weight excluding hydrogens is 358 g/mol. The summed E-state index contributed by atoms with van der Waals surface area (Å²) in [5, 5.41) is 22.0. The van der Waals surface area contributed by atoms with Gasteiger partial charge >= 0.3 is 0 Å². The molecule has 0 bridgehead atoms. The van der Waals surface area contributed by atoms with Crippen molar-refractivity contribution in [1.82, 2.24) is 10.3 Å². The number of nitrogens with two attached hydrogens (primary N) is 1. The Kier molecular flexibility index (Phi) is 7.36. The number of pyridine rings is 1. The lowest BCUT2D eigenvalue weighted by Crippen LogP contribution is -2.20. The highest BCUT2D eigenvalue weighted by Gasteiger charge is 2.25. The van der Waals surface area contributed by atoms with Gasteiger partial charge in [0.25, 0.3) is 0 Å². The smallest absolute Gasteiger partial charge is 0.235 e. The van der Waals surface area contributed by atoms with Crippen molar-refractivity contribution in [3.8, 4) is 12.1 Å². The van der Waals surface area contributed by atoms with Crippen LogP contribution in [0.1, 0.15) is 40.1 Å². The highest BCUT2D eigenvalue weighted by atomic mass is 32.2. The minimum absolute atomic E-state index is 0.319. The third kappa shape index (κ3) is 4.65. The molecule has 1 amide bonds. The molecule has 1 unspecified atom stereocenters. The molecule has 0 saturated carbocycles. The fraction of sp³-hybridized carbons (Fsp3) is 0.250. The third-order valence-corrected chi connectivity index (χ3v) is 5.24. The number of thioether (sulfide) groups is 1. The lowest BCUT2D eigenvalue weighted by molar-refractivity contribution is -0.117. The van der Waals surface area contributed by atoms with E-state index < -0.39 is 11.2 Å². The number of hydrogen-bond acceptors (Lipinski definition) is 6. The van der Waals surface area contributed by atoms with Crippen molar-refractivity contribution >= 4 is 17.7 Å². The van der Waals surface area contributed by atoms with Crippen LogP contribution in [0.4, 0.5) is 0 Å². The Morgan fingerprint density at radius 3 is 2.48 bits per heavy atom. The van der Waals surface area contributed by atoms with Gasteiger partial charge in [-0.3, -0.25) is 4.79 Å². The number of nitrogens with one attached hydrogen (secondary N) is 1. The first kappa shape index (κ1) is 20.4. The Morgan fingerprint density at radius 1 is 1.30 bits per heavy atom. The summed E-state index contributed by atoms with van der Waals surface area (Å²) >= 11 is 1.14. The number of primary amides is 1. The molecule has 0 saturated heterocycles. The second-order valence-corrected chi connectivity index (χ2v) is 6.75. The quantitative estimate of drug-likeness (QED) is 0.682. The van der Waals surface area contributed by atoms with Crippen LogP contribution in [-0.4, -0.2) is 17.4 Å². The number of nitriles is 2. The van der Waals surface area contributed by atoms with E-state index in [1.165, 1.54) is 0 Å². The van der Waals surface area contributed by atoms with E-state index in [0.29, 0.717) is 46.9 Å². The molecule has 2 rings (SSSR count). The molecule has 137 valence electrons. The number of nitrogens with zero attached hydrogens (tertiary/aromatic N) is 3. The van der Waals surface area contributed by atoms with Crippen molar-refractivity contribution in [2.45, 2.75) is 30.2 Å². The molecule has 1 aromatic carbocycles. The zero-order chi connectivity index (χ0) is 19.8. The van der Waals surface area contributed by atoms with Crippen molar-refractivity contribution in [2.75, 3.05) is 6.54 Å². The monoisotopic (exact) mass is 378 g/mol. The van der Waals surface area contributed by atoms with Crippen molar-refractivity contribution in [2.24, 2.45) is 5.73 Å². The van der Waals surface area contributed by atoms with Crippen molar-refractivity contribution in [3.05, 3.63) is 65.2 Å². The van der Waals surface area contributed by atoms with Gasteiger partial charge in [0.15, 0.2) is 0 Å².